The van der Waals surface area contributed by atoms with Gasteiger partial charge in [-0.25, -0.2) is 0 Å². The summed E-state index contributed by atoms with van der Waals surface area (Å²) in [7, 11) is 0. The zero-order valence-corrected chi connectivity index (χ0v) is 52.9. The van der Waals surface area contributed by atoms with E-state index in [0.717, 1.165) is 103 Å². The zero-order valence-electron chi connectivity index (χ0n) is 52.9. The van der Waals surface area contributed by atoms with Gasteiger partial charge < -0.3 is 65.1 Å². The molecule has 87 heavy (non-hydrogen) atoms. The second-order valence-corrected chi connectivity index (χ2v) is 22.1. The van der Waals surface area contributed by atoms with Crippen molar-refractivity contribution in [2.75, 3.05) is 19.8 Å². The highest BCUT2D eigenvalue weighted by Gasteiger charge is 2.51. The van der Waals surface area contributed by atoms with Crippen LogP contribution in [0.15, 0.2) is 170 Å². The molecule has 2 aliphatic rings. The third-order valence-corrected chi connectivity index (χ3v) is 14.6. The molecule has 0 radical (unpaired) electrons. The van der Waals surface area contributed by atoms with Gasteiger partial charge in [0, 0.05) is 6.42 Å². The summed E-state index contributed by atoms with van der Waals surface area (Å²) < 4.78 is 22.7. The zero-order chi connectivity index (χ0) is 63.1. The lowest BCUT2D eigenvalue weighted by Crippen LogP contribution is -2.65. The summed E-state index contributed by atoms with van der Waals surface area (Å²) in [4.78, 5) is 13.3. The van der Waals surface area contributed by atoms with Crippen molar-refractivity contribution in [1.82, 2.24) is 5.32 Å². The van der Waals surface area contributed by atoms with Crippen LogP contribution in [0.1, 0.15) is 187 Å². The number of aliphatic hydroxyl groups excluding tert-OH is 8. The summed E-state index contributed by atoms with van der Waals surface area (Å²) in [6.07, 6.45) is 69.8. The van der Waals surface area contributed by atoms with E-state index in [4.69, 9.17) is 18.9 Å². The van der Waals surface area contributed by atoms with Gasteiger partial charge in [0.1, 0.15) is 48.8 Å². The van der Waals surface area contributed by atoms with Crippen molar-refractivity contribution in [3.8, 4) is 0 Å². The highest BCUT2D eigenvalue weighted by molar-refractivity contribution is 5.76. The molecule has 490 valence electrons. The highest BCUT2D eigenvalue weighted by Crippen LogP contribution is 2.30. The molecule has 0 aromatic rings. The molecule has 0 bridgehead atoms. The van der Waals surface area contributed by atoms with E-state index in [2.05, 4.69) is 177 Å². The molecule has 0 aliphatic carbocycles. The average molecular weight is 1210 g/mol. The first kappa shape index (κ1) is 78.4. The van der Waals surface area contributed by atoms with Crippen LogP contribution in [0.3, 0.4) is 0 Å². The number of allylic oxidation sites excluding steroid dienone is 27. The Balaban J connectivity index is 1.69. The van der Waals surface area contributed by atoms with Gasteiger partial charge in [0.15, 0.2) is 12.6 Å². The highest BCUT2D eigenvalue weighted by atomic mass is 16.7. The number of amides is 1. The van der Waals surface area contributed by atoms with Crippen LogP contribution in [-0.2, 0) is 23.7 Å². The number of hydrogen-bond donors (Lipinski definition) is 9. The van der Waals surface area contributed by atoms with Crippen molar-refractivity contribution in [2.45, 2.75) is 261 Å². The molecule has 12 atom stereocenters. The summed E-state index contributed by atoms with van der Waals surface area (Å²) in [5.74, 6) is -0.300. The number of hydrogen-bond acceptors (Lipinski definition) is 13. The standard InChI is InChI=1S/C73H115NO13/c1-3-5-7-9-11-13-15-17-19-20-21-22-23-24-25-26-27-28-29-30-31-32-33-34-35-36-37-38-39-40-41-42-43-45-47-49-51-53-55-57-65(78)74-61(62(77)56-54-52-50-48-46-44-18-16-14-12-10-8-6-4-2)60-84-72-70(83)68(81)71(64(59-76)86-72)87-73-69(82)67(80)66(79)63(58-75)85-73/h5,7,11,13,17,19,21-22,24-25,27-28,30-31,33-34,36-37,39-40,42-43,46-49,54,56,61-64,66-73,75-77,79-83H,3-4,6,8-10,12,14-16,18,20,23,26,29,32,35,38,41,44-45,50-53,55,57-60H2,1-2H3,(H,74,78)/b7-5-,13-11-,19-17-,22-21-,25-24-,28-27-,31-30-,34-33-,37-36-,40-39-,43-42-,48-46+,49-47-,56-54+. The molecule has 0 spiro atoms. The second kappa shape index (κ2) is 55.4. The summed E-state index contributed by atoms with van der Waals surface area (Å²) >= 11 is 0. The molecule has 14 heteroatoms. The second-order valence-electron chi connectivity index (χ2n) is 22.1. The fourth-order valence-corrected chi connectivity index (χ4v) is 9.40. The predicted octanol–water partition coefficient (Wildman–Crippen LogP) is 12.8. The number of nitrogens with one attached hydrogen (secondary N) is 1. The maximum Gasteiger partial charge on any atom is 0.220 e. The summed E-state index contributed by atoms with van der Waals surface area (Å²) in [6.45, 7) is 2.60. The number of unbranched alkanes of at least 4 members (excludes halogenated alkanes) is 11. The van der Waals surface area contributed by atoms with Gasteiger partial charge in [-0.2, -0.15) is 0 Å². The van der Waals surface area contributed by atoms with E-state index in [9.17, 15) is 45.6 Å². The lowest BCUT2D eigenvalue weighted by atomic mass is 9.97. The third-order valence-electron chi connectivity index (χ3n) is 14.6. The Kier molecular flexibility index (Phi) is 50.0. The monoisotopic (exact) mass is 1210 g/mol. The SMILES string of the molecule is CC/C=C\C/C=C\C/C=C\C/C=C\C/C=C\C/C=C\C/C=C\C/C=C\C/C=C\C/C=C\C/C=C\C/C=C\CCCCC(=O)NC(COC1OC(CO)C(OC2OC(CO)C(O)C(O)C2O)C(O)C1O)C(O)/C=C/CC/C=C/CCCCCCCCCC. The first-order valence-corrected chi connectivity index (χ1v) is 32.9. The minimum atomic E-state index is -1.80. The molecule has 2 rings (SSSR count). The molecule has 2 saturated heterocycles. The lowest BCUT2D eigenvalue weighted by molar-refractivity contribution is -0.359. The van der Waals surface area contributed by atoms with Gasteiger partial charge in [0.2, 0.25) is 5.91 Å². The molecular weight excluding hydrogens is 1100 g/mol. The van der Waals surface area contributed by atoms with Crippen molar-refractivity contribution in [3.63, 3.8) is 0 Å². The molecular formula is C73H115NO13. The number of carbonyl (C=O) groups excluding carboxylic acids is 1. The van der Waals surface area contributed by atoms with Crippen molar-refractivity contribution in [3.05, 3.63) is 170 Å². The molecule has 0 aromatic carbocycles. The minimum absolute atomic E-state index is 0.206. The Bertz CT molecular complexity index is 2110. The Morgan fingerprint density at radius 3 is 1.26 bits per heavy atom. The Morgan fingerprint density at radius 1 is 0.425 bits per heavy atom. The summed E-state index contributed by atoms with van der Waals surface area (Å²) in [6, 6.07) is -0.968. The van der Waals surface area contributed by atoms with E-state index in [1.807, 2.05) is 6.08 Å². The van der Waals surface area contributed by atoms with Gasteiger partial charge in [-0.15, -0.1) is 0 Å². The first-order chi connectivity index (χ1) is 42.6. The molecule has 0 saturated carbocycles. The molecule has 2 aliphatic heterocycles. The fourth-order valence-electron chi connectivity index (χ4n) is 9.40. The van der Waals surface area contributed by atoms with Crippen LogP contribution in [0.25, 0.3) is 0 Å². The molecule has 14 nitrogen and oxygen atoms in total. The van der Waals surface area contributed by atoms with Gasteiger partial charge >= 0.3 is 0 Å². The minimum Gasteiger partial charge on any atom is -0.394 e. The Labute approximate surface area is 524 Å². The number of rotatable bonds is 50. The average Bonchev–Trinajstić information content (AvgIpc) is 2.05. The van der Waals surface area contributed by atoms with Crippen LogP contribution >= 0.6 is 0 Å². The molecule has 9 N–H and O–H groups in total. The van der Waals surface area contributed by atoms with Gasteiger partial charge in [0.05, 0.1) is 32.0 Å². The van der Waals surface area contributed by atoms with E-state index >= 15 is 0 Å². The van der Waals surface area contributed by atoms with Crippen LogP contribution in [0.2, 0.25) is 0 Å². The molecule has 1 amide bonds. The van der Waals surface area contributed by atoms with E-state index in [1.54, 1.807) is 6.08 Å². The smallest absolute Gasteiger partial charge is 0.220 e. The van der Waals surface area contributed by atoms with E-state index in [0.29, 0.717) is 12.8 Å². The third kappa shape index (κ3) is 39.9. The molecule has 0 aromatic heterocycles. The normalized spacial score (nSPS) is 24.4. The van der Waals surface area contributed by atoms with Crippen molar-refractivity contribution in [1.29, 1.82) is 0 Å². The van der Waals surface area contributed by atoms with E-state index < -0.39 is 86.8 Å². The van der Waals surface area contributed by atoms with Crippen LogP contribution in [-0.4, -0.2) is 140 Å². The van der Waals surface area contributed by atoms with Crippen molar-refractivity contribution >= 4 is 5.91 Å². The largest absolute Gasteiger partial charge is 0.394 e. The maximum absolute atomic E-state index is 13.3. The van der Waals surface area contributed by atoms with Gasteiger partial charge in [0.25, 0.3) is 0 Å². The number of aliphatic hydroxyl groups is 8. The molecule has 2 heterocycles. The number of ether oxygens (including phenoxy) is 4. The first-order valence-electron chi connectivity index (χ1n) is 32.9. The Morgan fingerprint density at radius 2 is 0.805 bits per heavy atom. The van der Waals surface area contributed by atoms with Gasteiger partial charge in [-0.05, 0) is 122 Å². The van der Waals surface area contributed by atoms with Crippen LogP contribution in [0.4, 0.5) is 0 Å². The maximum atomic E-state index is 13.3. The summed E-state index contributed by atoms with van der Waals surface area (Å²) in [5.41, 5.74) is 0. The lowest BCUT2D eigenvalue weighted by Gasteiger charge is -2.46. The van der Waals surface area contributed by atoms with Crippen molar-refractivity contribution in [2.24, 2.45) is 0 Å². The van der Waals surface area contributed by atoms with Crippen molar-refractivity contribution < 1.29 is 64.6 Å². The summed E-state index contributed by atoms with van der Waals surface area (Å²) in [5, 5.41) is 87.1. The topological polar surface area (TPSA) is 228 Å². The quantitative estimate of drug-likeness (QED) is 0.0204. The number of carbonyl (C=O) groups is 1. The van der Waals surface area contributed by atoms with Crippen LogP contribution in [0, 0.1) is 0 Å². The van der Waals surface area contributed by atoms with E-state index in [-0.39, 0.29) is 18.9 Å². The van der Waals surface area contributed by atoms with E-state index in [1.165, 1.54) is 51.4 Å². The van der Waals surface area contributed by atoms with Gasteiger partial charge in [-0.1, -0.05) is 229 Å². The predicted molar refractivity (Wildman–Crippen MR) is 354 cm³/mol. The van der Waals surface area contributed by atoms with Crippen LogP contribution < -0.4 is 5.32 Å². The molecule has 2 fully saturated rings. The Hall–Kier alpha value is -4.65. The van der Waals surface area contributed by atoms with Crippen LogP contribution in [0.5, 0.6) is 0 Å². The fraction of sp³-hybridized carbons (Fsp3) is 0.603. The van der Waals surface area contributed by atoms with Gasteiger partial charge in [-0.3, -0.25) is 4.79 Å². The molecule has 12 unspecified atom stereocenters.